The molecule has 0 bridgehead atoms. The largest absolute Gasteiger partial charge is 0.375 e. The standard InChI is InChI=1S/C13H15ClN4O/c14-11-2-1-3-12(10(11)8-15)17-9-13(19)18-6-4-16-5-7-18/h1-3,16-17H,4-7,9H2. The molecule has 1 aromatic carbocycles. The summed E-state index contributed by atoms with van der Waals surface area (Å²) in [4.78, 5) is 13.8. The van der Waals surface area contributed by atoms with Crippen molar-refractivity contribution in [3.05, 3.63) is 28.8 Å². The number of nitrogens with one attached hydrogen (secondary N) is 2. The van der Waals surface area contributed by atoms with Crippen molar-refractivity contribution >= 4 is 23.2 Å². The third kappa shape index (κ3) is 3.37. The van der Waals surface area contributed by atoms with Gasteiger partial charge in [0.05, 0.1) is 22.8 Å². The minimum absolute atomic E-state index is 0.0327. The van der Waals surface area contributed by atoms with Crippen molar-refractivity contribution in [3.63, 3.8) is 0 Å². The van der Waals surface area contributed by atoms with Crippen LogP contribution in [0.25, 0.3) is 0 Å². The molecule has 6 heteroatoms. The highest BCUT2D eigenvalue weighted by Gasteiger charge is 2.16. The lowest BCUT2D eigenvalue weighted by Crippen LogP contribution is -2.48. The van der Waals surface area contributed by atoms with Crippen LogP contribution in [0.4, 0.5) is 5.69 Å². The van der Waals surface area contributed by atoms with E-state index in [4.69, 9.17) is 16.9 Å². The van der Waals surface area contributed by atoms with Crippen molar-refractivity contribution in [1.82, 2.24) is 10.2 Å². The van der Waals surface area contributed by atoms with Crippen molar-refractivity contribution in [1.29, 1.82) is 5.26 Å². The quantitative estimate of drug-likeness (QED) is 0.867. The fraction of sp³-hybridized carbons (Fsp3) is 0.385. The first-order chi connectivity index (χ1) is 9.22. The number of benzene rings is 1. The molecule has 1 aliphatic heterocycles. The molecule has 1 amide bonds. The van der Waals surface area contributed by atoms with Crippen LogP contribution in [0.1, 0.15) is 5.56 Å². The van der Waals surface area contributed by atoms with Gasteiger partial charge >= 0.3 is 0 Å². The molecule has 1 aromatic rings. The monoisotopic (exact) mass is 278 g/mol. The highest BCUT2D eigenvalue weighted by molar-refractivity contribution is 6.32. The van der Waals surface area contributed by atoms with Crippen molar-refractivity contribution in [2.75, 3.05) is 38.0 Å². The maximum absolute atomic E-state index is 12.0. The maximum Gasteiger partial charge on any atom is 0.241 e. The zero-order valence-corrected chi connectivity index (χ0v) is 11.2. The average molecular weight is 279 g/mol. The van der Waals surface area contributed by atoms with E-state index in [0.29, 0.717) is 16.3 Å². The van der Waals surface area contributed by atoms with Gasteiger partial charge in [-0.15, -0.1) is 0 Å². The van der Waals surface area contributed by atoms with Crippen LogP contribution in [0.15, 0.2) is 18.2 Å². The van der Waals surface area contributed by atoms with E-state index in [1.54, 1.807) is 23.1 Å². The van der Waals surface area contributed by atoms with Crippen LogP contribution in [0.3, 0.4) is 0 Å². The van der Waals surface area contributed by atoms with Gasteiger partial charge in [-0.3, -0.25) is 4.79 Å². The second kappa shape index (κ2) is 6.41. The van der Waals surface area contributed by atoms with Crippen LogP contribution in [-0.2, 0) is 4.79 Å². The normalized spacial score (nSPS) is 14.8. The first-order valence-electron chi connectivity index (χ1n) is 6.13. The second-order valence-corrected chi connectivity index (χ2v) is 4.67. The van der Waals surface area contributed by atoms with Crippen LogP contribution in [-0.4, -0.2) is 43.5 Å². The van der Waals surface area contributed by atoms with Gasteiger partial charge in [0, 0.05) is 26.2 Å². The molecule has 0 saturated carbocycles. The Balaban J connectivity index is 1.97. The minimum Gasteiger partial charge on any atom is -0.375 e. The number of anilines is 1. The summed E-state index contributed by atoms with van der Waals surface area (Å²) in [5.41, 5.74) is 0.968. The molecule has 0 spiro atoms. The fourth-order valence-electron chi connectivity index (χ4n) is 1.98. The molecule has 0 unspecified atom stereocenters. The number of hydrogen-bond donors (Lipinski definition) is 2. The zero-order chi connectivity index (χ0) is 13.7. The first-order valence-corrected chi connectivity index (χ1v) is 6.51. The van der Waals surface area contributed by atoms with Gasteiger partial charge in [0.1, 0.15) is 6.07 Å². The highest BCUT2D eigenvalue weighted by Crippen LogP contribution is 2.22. The molecule has 1 aliphatic rings. The third-order valence-corrected chi connectivity index (χ3v) is 3.34. The number of rotatable bonds is 3. The predicted molar refractivity (Wildman–Crippen MR) is 74.1 cm³/mol. The molecule has 5 nitrogen and oxygen atoms in total. The van der Waals surface area contributed by atoms with E-state index in [1.165, 1.54) is 0 Å². The Labute approximate surface area is 117 Å². The number of amides is 1. The summed E-state index contributed by atoms with van der Waals surface area (Å²) in [5.74, 6) is 0.0327. The number of carbonyl (C=O) groups excluding carboxylic acids is 1. The highest BCUT2D eigenvalue weighted by atomic mass is 35.5. The Morgan fingerprint density at radius 1 is 1.47 bits per heavy atom. The number of nitrogens with zero attached hydrogens (tertiary/aromatic N) is 2. The minimum atomic E-state index is 0.0327. The zero-order valence-electron chi connectivity index (χ0n) is 10.4. The molecule has 1 saturated heterocycles. The molecule has 0 atom stereocenters. The summed E-state index contributed by atoms with van der Waals surface area (Å²) in [5, 5.41) is 15.6. The second-order valence-electron chi connectivity index (χ2n) is 4.26. The van der Waals surface area contributed by atoms with E-state index in [1.807, 2.05) is 6.07 Å². The predicted octanol–water partition coefficient (Wildman–Crippen LogP) is 1.06. The van der Waals surface area contributed by atoms with Crippen molar-refractivity contribution in [2.24, 2.45) is 0 Å². The summed E-state index contributed by atoms with van der Waals surface area (Å²) in [6, 6.07) is 7.19. The molecule has 1 fully saturated rings. The SMILES string of the molecule is N#Cc1c(Cl)cccc1NCC(=O)N1CCNCC1. The summed E-state index contributed by atoms with van der Waals surface area (Å²) < 4.78 is 0. The molecule has 19 heavy (non-hydrogen) atoms. The number of hydrogen-bond acceptors (Lipinski definition) is 4. The topological polar surface area (TPSA) is 68.2 Å². The molecule has 0 radical (unpaired) electrons. The van der Waals surface area contributed by atoms with E-state index < -0.39 is 0 Å². The van der Waals surface area contributed by atoms with Crippen LogP contribution in [0.2, 0.25) is 5.02 Å². The van der Waals surface area contributed by atoms with Gasteiger partial charge in [0.2, 0.25) is 5.91 Å². The Hall–Kier alpha value is -1.77. The fourth-order valence-corrected chi connectivity index (χ4v) is 2.20. The number of halogens is 1. The maximum atomic E-state index is 12.0. The summed E-state index contributed by atoms with van der Waals surface area (Å²) in [6.45, 7) is 3.27. The van der Waals surface area contributed by atoms with Gasteiger partial charge in [-0.2, -0.15) is 5.26 Å². The lowest BCUT2D eigenvalue weighted by Gasteiger charge is -2.27. The van der Waals surface area contributed by atoms with Gasteiger partial charge < -0.3 is 15.5 Å². The molecular formula is C13H15ClN4O. The van der Waals surface area contributed by atoms with E-state index in [0.717, 1.165) is 26.2 Å². The molecule has 0 aliphatic carbocycles. The van der Waals surface area contributed by atoms with Crippen molar-refractivity contribution < 1.29 is 4.79 Å². The van der Waals surface area contributed by atoms with Crippen LogP contribution in [0.5, 0.6) is 0 Å². The van der Waals surface area contributed by atoms with Gasteiger partial charge in [0.25, 0.3) is 0 Å². The Bertz CT molecular complexity index is 506. The van der Waals surface area contributed by atoms with Crippen molar-refractivity contribution in [2.45, 2.75) is 0 Å². The molecule has 2 N–H and O–H groups in total. The Kier molecular flexibility index (Phi) is 4.61. The van der Waals surface area contributed by atoms with Gasteiger partial charge in [-0.25, -0.2) is 0 Å². The Morgan fingerprint density at radius 3 is 2.89 bits per heavy atom. The molecular weight excluding hydrogens is 264 g/mol. The number of piperazine rings is 1. The van der Waals surface area contributed by atoms with Crippen LogP contribution >= 0.6 is 11.6 Å². The lowest BCUT2D eigenvalue weighted by atomic mass is 10.2. The molecule has 0 aromatic heterocycles. The first kappa shape index (κ1) is 13.7. The number of carbonyl (C=O) groups is 1. The van der Waals surface area contributed by atoms with Crippen molar-refractivity contribution in [3.8, 4) is 6.07 Å². The molecule has 100 valence electrons. The van der Waals surface area contributed by atoms with Gasteiger partial charge in [-0.1, -0.05) is 17.7 Å². The average Bonchev–Trinajstić information content (AvgIpc) is 2.45. The van der Waals surface area contributed by atoms with Crippen LogP contribution < -0.4 is 10.6 Å². The molecule has 1 heterocycles. The lowest BCUT2D eigenvalue weighted by molar-refractivity contribution is -0.129. The van der Waals surface area contributed by atoms with Crippen LogP contribution in [0, 0.1) is 11.3 Å². The smallest absolute Gasteiger partial charge is 0.241 e. The molecule has 2 rings (SSSR count). The summed E-state index contributed by atoms with van der Waals surface area (Å²) in [6.07, 6.45) is 0. The summed E-state index contributed by atoms with van der Waals surface area (Å²) in [7, 11) is 0. The Morgan fingerprint density at radius 2 is 2.21 bits per heavy atom. The number of nitriles is 1. The van der Waals surface area contributed by atoms with E-state index in [2.05, 4.69) is 10.6 Å². The van der Waals surface area contributed by atoms with E-state index >= 15 is 0 Å². The van der Waals surface area contributed by atoms with E-state index in [9.17, 15) is 4.79 Å². The summed E-state index contributed by atoms with van der Waals surface area (Å²) >= 11 is 5.93. The third-order valence-electron chi connectivity index (χ3n) is 3.03. The van der Waals surface area contributed by atoms with E-state index in [-0.39, 0.29) is 12.5 Å². The van der Waals surface area contributed by atoms with Gasteiger partial charge in [0.15, 0.2) is 0 Å². The van der Waals surface area contributed by atoms with Gasteiger partial charge in [-0.05, 0) is 12.1 Å².